The van der Waals surface area contributed by atoms with Crippen LogP contribution in [0.1, 0.15) is 24.1 Å². The molecule has 0 saturated carbocycles. The van der Waals surface area contributed by atoms with Gasteiger partial charge in [-0.25, -0.2) is 4.79 Å². The maximum absolute atomic E-state index is 12.4. The number of amides is 1. The molecule has 0 radical (unpaired) electrons. The van der Waals surface area contributed by atoms with Crippen LogP contribution in [0.3, 0.4) is 0 Å². The van der Waals surface area contributed by atoms with Crippen molar-refractivity contribution < 1.29 is 4.79 Å². The fourth-order valence-electron chi connectivity index (χ4n) is 3.10. The maximum atomic E-state index is 12.4. The van der Waals surface area contributed by atoms with E-state index in [1.54, 1.807) is 11.6 Å². The van der Waals surface area contributed by atoms with Crippen molar-refractivity contribution in [1.29, 1.82) is 0 Å². The molecule has 0 aliphatic heterocycles. The number of aromatic nitrogens is 2. The van der Waals surface area contributed by atoms with Crippen molar-refractivity contribution in [2.45, 2.75) is 26.4 Å². The second-order valence-electron chi connectivity index (χ2n) is 6.06. The lowest BCUT2D eigenvalue weighted by Crippen LogP contribution is -2.34. The van der Waals surface area contributed by atoms with Crippen molar-refractivity contribution in [1.82, 2.24) is 14.5 Å². The lowest BCUT2D eigenvalue weighted by molar-refractivity contribution is -0.122. The summed E-state index contributed by atoms with van der Waals surface area (Å²) in [7, 11) is 1.72. The Kier molecular flexibility index (Phi) is 4.25. The Morgan fingerprint density at radius 1 is 1.08 bits per heavy atom. The lowest BCUT2D eigenvalue weighted by atomic mass is 10.0. The van der Waals surface area contributed by atoms with Gasteiger partial charge in [0.2, 0.25) is 5.91 Å². The van der Waals surface area contributed by atoms with Crippen LogP contribution in [-0.2, 0) is 18.4 Å². The molecular formula is C19H21N3O2. The number of carbonyl (C=O) groups excluding carboxylic acids is 1. The summed E-state index contributed by atoms with van der Waals surface area (Å²) in [5.41, 5.74) is 3.62. The van der Waals surface area contributed by atoms with E-state index in [0.29, 0.717) is 0 Å². The van der Waals surface area contributed by atoms with Gasteiger partial charge in [-0.15, -0.1) is 0 Å². The second-order valence-corrected chi connectivity index (χ2v) is 6.06. The Labute approximate surface area is 140 Å². The van der Waals surface area contributed by atoms with E-state index >= 15 is 0 Å². The van der Waals surface area contributed by atoms with E-state index in [-0.39, 0.29) is 24.2 Å². The molecule has 5 nitrogen and oxygen atoms in total. The molecule has 3 aromatic rings. The van der Waals surface area contributed by atoms with Crippen LogP contribution in [0.5, 0.6) is 0 Å². The standard InChI is InChI=1S/C19H21N3O2/c1-13-8-4-5-9-15(13)14(2)20-18(23)12-22-17-11-7-6-10-16(17)21(3)19(22)24/h4-11,14H,12H2,1-3H3,(H,20,23)/t14-/m0/s1. The molecule has 0 saturated heterocycles. The van der Waals surface area contributed by atoms with Gasteiger partial charge in [-0.3, -0.25) is 13.9 Å². The molecule has 1 heterocycles. The molecule has 0 fully saturated rings. The number of fused-ring (bicyclic) bond motifs is 1. The number of nitrogens with one attached hydrogen (secondary N) is 1. The van der Waals surface area contributed by atoms with Crippen LogP contribution in [0.4, 0.5) is 0 Å². The second kappa shape index (κ2) is 6.35. The number of para-hydroxylation sites is 2. The van der Waals surface area contributed by atoms with Gasteiger partial charge >= 0.3 is 5.69 Å². The smallest absolute Gasteiger partial charge is 0.329 e. The monoisotopic (exact) mass is 323 g/mol. The minimum absolute atomic E-state index is 0.0103. The zero-order chi connectivity index (χ0) is 17.3. The van der Waals surface area contributed by atoms with Gasteiger partial charge in [0.05, 0.1) is 17.1 Å². The Balaban J connectivity index is 1.82. The highest BCUT2D eigenvalue weighted by Gasteiger charge is 2.15. The number of imidazole rings is 1. The fourth-order valence-corrected chi connectivity index (χ4v) is 3.10. The summed E-state index contributed by atoms with van der Waals surface area (Å²) >= 11 is 0. The third-order valence-electron chi connectivity index (χ3n) is 4.39. The molecule has 124 valence electrons. The fraction of sp³-hybridized carbons (Fsp3) is 0.263. The first-order valence-electron chi connectivity index (χ1n) is 7.98. The highest BCUT2D eigenvalue weighted by atomic mass is 16.2. The number of hydrogen-bond donors (Lipinski definition) is 1. The number of nitrogens with zero attached hydrogens (tertiary/aromatic N) is 2. The third kappa shape index (κ3) is 2.85. The van der Waals surface area contributed by atoms with Crippen LogP contribution in [-0.4, -0.2) is 15.0 Å². The summed E-state index contributed by atoms with van der Waals surface area (Å²) in [6.07, 6.45) is 0. The van der Waals surface area contributed by atoms with Gasteiger partial charge in [-0.1, -0.05) is 36.4 Å². The quantitative estimate of drug-likeness (QED) is 0.802. The predicted molar refractivity (Wildman–Crippen MR) is 94.9 cm³/mol. The van der Waals surface area contributed by atoms with Crippen LogP contribution in [0.2, 0.25) is 0 Å². The van der Waals surface area contributed by atoms with Crippen molar-refractivity contribution in [2.75, 3.05) is 0 Å². The highest BCUT2D eigenvalue weighted by molar-refractivity contribution is 5.81. The third-order valence-corrected chi connectivity index (χ3v) is 4.39. The van der Waals surface area contributed by atoms with E-state index in [0.717, 1.165) is 22.2 Å². The van der Waals surface area contributed by atoms with Crippen LogP contribution in [0.25, 0.3) is 11.0 Å². The van der Waals surface area contributed by atoms with E-state index in [9.17, 15) is 9.59 Å². The summed E-state index contributed by atoms with van der Waals surface area (Å²) in [5, 5.41) is 2.98. The van der Waals surface area contributed by atoms with Crippen molar-refractivity contribution in [3.05, 3.63) is 70.1 Å². The molecule has 2 aromatic carbocycles. The summed E-state index contributed by atoms with van der Waals surface area (Å²) < 4.78 is 3.07. The molecule has 24 heavy (non-hydrogen) atoms. The summed E-state index contributed by atoms with van der Waals surface area (Å²) in [6, 6.07) is 15.3. The number of benzene rings is 2. The molecule has 5 heteroatoms. The average Bonchev–Trinajstić information content (AvgIpc) is 2.80. The number of carbonyl (C=O) groups is 1. The molecule has 0 aliphatic carbocycles. The minimum atomic E-state index is -0.185. The summed E-state index contributed by atoms with van der Waals surface area (Å²) in [6.45, 7) is 3.98. The SMILES string of the molecule is Cc1ccccc1[C@H](C)NC(=O)Cn1c(=O)n(C)c2ccccc21. The normalized spacial score (nSPS) is 12.3. The first kappa shape index (κ1) is 16.1. The highest BCUT2D eigenvalue weighted by Crippen LogP contribution is 2.17. The molecule has 1 atom stereocenters. The van der Waals surface area contributed by atoms with Gasteiger partial charge in [0.25, 0.3) is 0 Å². The first-order chi connectivity index (χ1) is 11.5. The zero-order valence-electron chi connectivity index (χ0n) is 14.1. The topological polar surface area (TPSA) is 56.0 Å². The number of rotatable bonds is 4. The average molecular weight is 323 g/mol. The van der Waals surface area contributed by atoms with Crippen LogP contribution < -0.4 is 11.0 Å². The Hall–Kier alpha value is -2.82. The van der Waals surface area contributed by atoms with Crippen LogP contribution in [0.15, 0.2) is 53.3 Å². The van der Waals surface area contributed by atoms with Crippen molar-refractivity contribution in [3.63, 3.8) is 0 Å². The Morgan fingerprint density at radius 3 is 2.42 bits per heavy atom. The van der Waals surface area contributed by atoms with Crippen molar-refractivity contribution in [3.8, 4) is 0 Å². The van der Waals surface area contributed by atoms with Crippen molar-refractivity contribution in [2.24, 2.45) is 7.05 Å². The van der Waals surface area contributed by atoms with Crippen LogP contribution >= 0.6 is 0 Å². The van der Waals surface area contributed by atoms with E-state index in [1.807, 2.05) is 62.4 Å². The van der Waals surface area contributed by atoms with E-state index in [1.165, 1.54) is 4.57 Å². The molecule has 3 rings (SSSR count). The number of hydrogen-bond acceptors (Lipinski definition) is 2. The first-order valence-corrected chi connectivity index (χ1v) is 7.98. The van der Waals surface area contributed by atoms with Gasteiger partial charge in [0.1, 0.15) is 6.54 Å². The molecule has 0 aliphatic rings. The van der Waals surface area contributed by atoms with Gasteiger partial charge in [0, 0.05) is 7.05 Å². The van der Waals surface area contributed by atoms with E-state index in [4.69, 9.17) is 0 Å². The predicted octanol–water partition coefficient (Wildman–Crippen LogP) is 2.53. The molecule has 0 bridgehead atoms. The zero-order valence-corrected chi connectivity index (χ0v) is 14.1. The van der Waals surface area contributed by atoms with Gasteiger partial charge in [-0.05, 0) is 37.1 Å². The molecule has 1 aromatic heterocycles. The number of aryl methyl sites for hydroxylation is 2. The maximum Gasteiger partial charge on any atom is 0.329 e. The molecule has 1 amide bonds. The summed E-state index contributed by atoms with van der Waals surface area (Å²) in [4.78, 5) is 24.8. The Bertz CT molecular complexity index is 953. The van der Waals surface area contributed by atoms with Gasteiger partial charge in [-0.2, -0.15) is 0 Å². The van der Waals surface area contributed by atoms with E-state index in [2.05, 4.69) is 5.32 Å². The molecule has 0 spiro atoms. The molecular weight excluding hydrogens is 302 g/mol. The minimum Gasteiger partial charge on any atom is -0.348 e. The molecule has 0 unspecified atom stereocenters. The van der Waals surface area contributed by atoms with Crippen molar-refractivity contribution >= 4 is 16.9 Å². The lowest BCUT2D eigenvalue weighted by Gasteiger charge is -2.16. The Morgan fingerprint density at radius 2 is 1.71 bits per heavy atom. The van der Waals surface area contributed by atoms with Crippen LogP contribution in [0, 0.1) is 6.92 Å². The van der Waals surface area contributed by atoms with E-state index < -0.39 is 0 Å². The van der Waals surface area contributed by atoms with Gasteiger partial charge in [0.15, 0.2) is 0 Å². The largest absolute Gasteiger partial charge is 0.348 e. The molecule has 1 N–H and O–H groups in total. The van der Waals surface area contributed by atoms with Gasteiger partial charge < -0.3 is 5.32 Å². The summed E-state index contributed by atoms with van der Waals surface area (Å²) in [5.74, 6) is -0.177.